The average Bonchev–Trinajstić information content (AvgIpc) is 3.16. The van der Waals surface area contributed by atoms with Crippen LogP contribution < -0.4 is 16.4 Å². The molecule has 158 valence electrons. The maximum Gasteiger partial charge on any atom is 0.271 e. The summed E-state index contributed by atoms with van der Waals surface area (Å²) in [5.41, 5.74) is 0.940. The second-order valence-corrected chi connectivity index (χ2v) is 7.29. The second-order valence-electron chi connectivity index (χ2n) is 6.85. The van der Waals surface area contributed by atoms with Gasteiger partial charge in [0.2, 0.25) is 0 Å². The summed E-state index contributed by atoms with van der Waals surface area (Å²) in [7, 11) is 1.47. The Balaban J connectivity index is 1.46. The minimum atomic E-state index is -0.413. The van der Waals surface area contributed by atoms with E-state index in [4.69, 9.17) is 11.6 Å². The molecule has 1 N–H and O–H groups in total. The summed E-state index contributed by atoms with van der Waals surface area (Å²) in [6.07, 6.45) is 2.94. The highest BCUT2D eigenvalue weighted by Crippen LogP contribution is 2.12. The first-order valence-corrected chi connectivity index (χ1v) is 9.78. The molecule has 0 bridgehead atoms. The van der Waals surface area contributed by atoms with Crippen molar-refractivity contribution in [1.82, 2.24) is 34.4 Å². The number of carbonyl (C=O) groups is 1. The average molecular weight is 440 g/mol. The summed E-state index contributed by atoms with van der Waals surface area (Å²) in [6, 6.07) is 9.92. The van der Waals surface area contributed by atoms with Crippen molar-refractivity contribution in [2.24, 2.45) is 7.05 Å². The van der Waals surface area contributed by atoms with Crippen LogP contribution in [0.3, 0.4) is 0 Å². The van der Waals surface area contributed by atoms with E-state index < -0.39 is 5.91 Å². The Labute approximate surface area is 180 Å². The summed E-state index contributed by atoms with van der Waals surface area (Å²) in [4.78, 5) is 40.7. The van der Waals surface area contributed by atoms with Crippen molar-refractivity contribution >= 4 is 28.5 Å². The number of benzene rings is 1. The lowest BCUT2D eigenvalue weighted by Gasteiger charge is -2.08. The van der Waals surface area contributed by atoms with Crippen LogP contribution in [0.15, 0.2) is 58.5 Å². The lowest BCUT2D eigenvalue weighted by molar-refractivity contribution is 0.0944. The first-order valence-electron chi connectivity index (χ1n) is 9.40. The fourth-order valence-corrected chi connectivity index (χ4v) is 3.31. The highest BCUT2D eigenvalue weighted by molar-refractivity contribution is 6.30. The van der Waals surface area contributed by atoms with Gasteiger partial charge in [-0.2, -0.15) is 10.2 Å². The van der Waals surface area contributed by atoms with Gasteiger partial charge in [-0.15, -0.1) is 0 Å². The Morgan fingerprint density at radius 3 is 2.81 bits per heavy atom. The van der Waals surface area contributed by atoms with Crippen molar-refractivity contribution in [2.45, 2.75) is 13.1 Å². The van der Waals surface area contributed by atoms with Crippen molar-refractivity contribution in [3.8, 4) is 0 Å². The Morgan fingerprint density at radius 2 is 2.03 bits per heavy atom. The van der Waals surface area contributed by atoms with Crippen molar-refractivity contribution in [3.63, 3.8) is 0 Å². The standard InChI is InChI=1S/C20H18ClN7O3/c1-26-17(29)6-5-16(25-26)19(30)22-7-8-28-18-15(10-24-28)20(31)27(12-23-18)11-13-3-2-4-14(21)9-13/h2-6,9-10,12H,7-8,11H2,1H3,(H,22,30). The van der Waals surface area contributed by atoms with Gasteiger partial charge in [-0.1, -0.05) is 23.7 Å². The van der Waals surface area contributed by atoms with Crippen LogP contribution in [-0.4, -0.2) is 41.6 Å². The molecule has 0 saturated carbocycles. The number of halogens is 1. The molecule has 1 amide bonds. The van der Waals surface area contributed by atoms with Gasteiger partial charge in [-0.05, 0) is 23.8 Å². The van der Waals surface area contributed by atoms with Gasteiger partial charge in [0.1, 0.15) is 17.4 Å². The molecule has 0 atom stereocenters. The van der Waals surface area contributed by atoms with Gasteiger partial charge in [0.15, 0.2) is 5.65 Å². The van der Waals surface area contributed by atoms with E-state index in [9.17, 15) is 14.4 Å². The van der Waals surface area contributed by atoms with Crippen LogP contribution in [0, 0.1) is 0 Å². The second kappa shape index (κ2) is 8.52. The number of nitrogens with one attached hydrogen (secondary N) is 1. The molecule has 0 aliphatic heterocycles. The maximum absolute atomic E-state index is 12.8. The van der Waals surface area contributed by atoms with Gasteiger partial charge in [0, 0.05) is 24.7 Å². The molecule has 4 aromatic rings. The first-order chi connectivity index (χ1) is 14.9. The van der Waals surface area contributed by atoms with Crippen LogP contribution in [0.2, 0.25) is 5.02 Å². The van der Waals surface area contributed by atoms with Crippen LogP contribution in [0.25, 0.3) is 11.0 Å². The highest BCUT2D eigenvalue weighted by Gasteiger charge is 2.12. The van der Waals surface area contributed by atoms with Gasteiger partial charge in [0.05, 0.1) is 19.3 Å². The van der Waals surface area contributed by atoms with Gasteiger partial charge >= 0.3 is 0 Å². The summed E-state index contributed by atoms with van der Waals surface area (Å²) in [5.74, 6) is -0.413. The molecule has 0 radical (unpaired) electrons. The van der Waals surface area contributed by atoms with Gasteiger partial charge in [-0.25, -0.2) is 14.3 Å². The number of carbonyl (C=O) groups excluding carboxylic acids is 1. The molecule has 3 heterocycles. The Hall–Kier alpha value is -3.79. The highest BCUT2D eigenvalue weighted by atomic mass is 35.5. The van der Waals surface area contributed by atoms with Crippen LogP contribution >= 0.6 is 11.6 Å². The van der Waals surface area contributed by atoms with Crippen molar-refractivity contribution in [2.75, 3.05) is 6.54 Å². The van der Waals surface area contributed by atoms with Crippen LogP contribution in [0.4, 0.5) is 0 Å². The maximum atomic E-state index is 12.8. The number of aryl methyl sites for hydroxylation is 1. The quantitative estimate of drug-likeness (QED) is 0.475. The first kappa shape index (κ1) is 20.5. The molecular weight excluding hydrogens is 422 g/mol. The van der Waals surface area contributed by atoms with Crippen LogP contribution in [0.1, 0.15) is 16.1 Å². The van der Waals surface area contributed by atoms with E-state index in [0.29, 0.717) is 29.1 Å². The van der Waals surface area contributed by atoms with Gasteiger partial charge in [0.25, 0.3) is 17.0 Å². The summed E-state index contributed by atoms with van der Waals surface area (Å²) >= 11 is 6.01. The topological polar surface area (TPSA) is 117 Å². The molecule has 1 aromatic carbocycles. The molecule has 11 heteroatoms. The number of nitrogens with zero attached hydrogens (tertiary/aromatic N) is 6. The molecule has 0 spiro atoms. The lowest BCUT2D eigenvalue weighted by Crippen LogP contribution is -2.30. The molecule has 10 nitrogen and oxygen atoms in total. The Bertz CT molecular complexity index is 1390. The summed E-state index contributed by atoms with van der Waals surface area (Å²) < 4.78 is 4.14. The molecule has 0 saturated heterocycles. The third kappa shape index (κ3) is 4.38. The molecule has 0 unspecified atom stereocenters. The van der Waals surface area contributed by atoms with Crippen LogP contribution in [0.5, 0.6) is 0 Å². The van der Waals surface area contributed by atoms with E-state index in [1.54, 1.807) is 16.8 Å². The molecule has 31 heavy (non-hydrogen) atoms. The molecule has 0 aliphatic rings. The van der Waals surface area contributed by atoms with E-state index in [-0.39, 0.29) is 23.4 Å². The van der Waals surface area contributed by atoms with E-state index in [2.05, 4.69) is 20.5 Å². The van der Waals surface area contributed by atoms with E-state index in [1.165, 1.54) is 36.3 Å². The molecule has 4 rings (SSSR count). The van der Waals surface area contributed by atoms with Gasteiger partial charge < -0.3 is 5.32 Å². The monoisotopic (exact) mass is 439 g/mol. The van der Waals surface area contributed by atoms with E-state index in [0.717, 1.165) is 10.2 Å². The fourth-order valence-electron chi connectivity index (χ4n) is 3.10. The molecular formula is C20H18ClN7O3. The molecule has 3 aromatic heterocycles. The predicted octanol–water partition coefficient (Wildman–Crippen LogP) is 0.818. The SMILES string of the molecule is Cn1nc(C(=O)NCCn2ncc3c(=O)n(Cc4cccc(Cl)c4)cnc32)ccc1=O. The van der Waals surface area contributed by atoms with Crippen molar-refractivity contribution in [1.29, 1.82) is 0 Å². The third-order valence-corrected chi connectivity index (χ3v) is 4.90. The van der Waals surface area contributed by atoms with E-state index in [1.807, 2.05) is 12.1 Å². The Kier molecular flexibility index (Phi) is 5.63. The number of hydrogen-bond acceptors (Lipinski definition) is 6. The molecule has 0 fully saturated rings. The number of rotatable bonds is 6. The summed E-state index contributed by atoms with van der Waals surface area (Å²) in [6.45, 7) is 0.898. The zero-order chi connectivity index (χ0) is 22.0. The smallest absolute Gasteiger partial charge is 0.271 e. The summed E-state index contributed by atoms with van der Waals surface area (Å²) in [5, 5.41) is 11.8. The van der Waals surface area contributed by atoms with Crippen molar-refractivity contribution < 1.29 is 4.79 Å². The molecule has 0 aliphatic carbocycles. The fraction of sp³-hybridized carbons (Fsp3) is 0.200. The lowest BCUT2D eigenvalue weighted by atomic mass is 10.2. The number of hydrogen-bond donors (Lipinski definition) is 1. The number of amides is 1. The predicted molar refractivity (Wildman–Crippen MR) is 114 cm³/mol. The minimum Gasteiger partial charge on any atom is -0.349 e. The Morgan fingerprint density at radius 1 is 1.19 bits per heavy atom. The minimum absolute atomic E-state index is 0.134. The zero-order valence-electron chi connectivity index (χ0n) is 16.5. The number of fused-ring (bicyclic) bond motifs is 1. The third-order valence-electron chi connectivity index (χ3n) is 4.67. The zero-order valence-corrected chi connectivity index (χ0v) is 17.3. The van der Waals surface area contributed by atoms with E-state index >= 15 is 0 Å². The van der Waals surface area contributed by atoms with Crippen molar-refractivity contribution in [3.05, 3.63) is 85.9 Å². The largest absolute Gasteiger partial charge is 0.349 e. The van der Waals surface area contributed by atoms with Gasteiger partial charge in [-0.3, -0.25) is 19.0 Å². The normalized spacial score (nSPS) is 11.0. The van der Waals surface area contributed by atoms with Crippen LogP contribution in [-0.2, 0) is 20.1 Å². The number of aromatic nitrogens is 6.